The van der Waals surface area contributed by atoms with Gasteiger partial charge in [-0.1, -0.05) is 7.05 Å². The Kier molecular flexibility index (Phi) is 8.24. The molecular formula is CH3N2NaO2. The maximum Gasteiger partial charge on any atom is 1.00 e. The predicted octanol–water partition coefficient (Wildman–Crippen LogP) is -2.81. The molecule has 0 saturated carbocycles. The first-order valence-corrected chi connectivity index (χ1v) is 1.01. The minimum atomic E-state index is -0.750. The molecule has 0 saturated heterocycles. The molecule has 30 valence electrons. The molecule has 0 aliphatic carbocycles. The zero-order chi connectivity index (χ0) is 4.28. The van der Waals surface area contributed by atoms with Gasteiger partial charge in [-0.05, 0) is 5.03 Å². The topological polar surface area (TPSA) is 57.2 Å². The minimum Gasteiger partial charge on any atom is -0.382 e. The van der Waals surface area contributed by atoms with Gasteiger partial charge in [0.05, 0.1) is 0 Å². The molecule has 0 aromatic rings. The van der Waals surface area contributed by atoms with E-state index in [1.165, 1.54) is 0 Å². The molecule has 0 aliphatic rings. The maximum absolute atomic E-state index is 9.01. The first kappa shape index (κ1) is 9.50. The monoisotopic (exact) mass is 98.0 g/mol. The average molecular weight is 98.0 g/mol. The van der Waals surface area contributed by atoms with Crippen molar-refractivity contribution in [3.63, 3.8) is 0 Å². The third-order valence-corrected chi connectivity index (χ3v) is 0.163. The fourth-order valence-corrected chi connectivity index (χ4v) is 0. The van der Waals surface area contributed by atoms with Gasteiger partial charge in [-0.2, -0.15) is 0 Å². The molecule has 6 heavy (non-hydrogen) atoms. The molecule has 0 N–H and O–H groups in total. The van der Waals surface area contributed by atoms with Crippen molar-refractivity contribution in [2.45, 2.75) is 0 Å². The fraction of sp³-hybridized carbons (Fsp3) is 1.00. The van der Waals surface area contributed by atoms with Crippen LogP contribution < -0.4 is 29.6 Å². The van der Waals surface area contributed by atoms with E-state index in [4.69, 9.17) is 10.1 Å². The van der Waals surface area contributed by atoms with Gasteiger partial charge in [0.2, 0.25) is 0 Å². The molecule has 5 heteroatoms. The van der Waals surface area contributed by atoms with Crippen LogP contribution in [0, 0.1) is 10.1 Å². The molecule has 0 radical (unpaired) electrons. The van der Waals surface area contributed by atoms with Gasteiger partial charge in [-0.15, -0.1) is 0 Å². The molecule has 0 spiro atoms. The van der Waals surface area contributed by atoms with Gasteiger partial charge in [0.15, 0.2) is 0 Å². The molecule has 0 amide bonds. The van der Waals surface area contributed by atoms with Gasteiger partial charge in [-0.25, -0.2) is 0 Å². The van der Waals surface area contributed by atoms with E-state index in [2.05, 4.69) is 5.43 Å². The molecule has 0 aromatic carbocycles. The summed E-state index contributed by atoms with van der Waals surface area (Å²) < 4.78 is 0. The summed E-state index contributed by atoms with van der Waals surface area (Å²) in [5, 5.41) is 8.26. The molecule has 0 rings (SSSR count). The Hall–Kier alpha value is 0.200. The Morgan fingerprint density at radius 3 is 2.00 bits per heavy atom. The van der Waals surface area contributed by atoms with Gasteiger partial charge in [-0.3, -0.25) is 10.1 Å². The van der Waals surface area contributed by atoms with E-state index in [9.17, 15) is 0 Å². The molecular weight excluding hydrogens is 95.0 g/mol. The number of nitro groups is 1. The summed E-state index contributed by atoms with van der Waals surface area (Å²) in [7, 11) is 1.12. The number of nitrogens with zero attached hydrogens (tertiary/aromatic N) is 2. The van der Waals surface area contributed by atoms with E-state index in [1.54, 1.807) is 0 Å². The number of rotatable bonds is 1. The summed E-state index contributed by atoms with van der Waals surface area (Å²) >= 11 is 0. The molecule has 0 aliphatic heterocycles. The van der Waals surface area contributed by atoms with Crippen molar-refractivity contribution in [2.75, 3.05) is 7.05 Å². The van der Waals surface area contributed by atoms with E-state index in [0.717, 1.165) is 7.05 Å². The minimum absolute atomic E-state index is 0. The molecule has 4 nitrogen and oxygen atoms in total. The summed E-state index contributed by atoms with van der Waals surface area (Å²) in [5.41, 5.74) is 2.61. The van der Waals surface area contributed by atoms with Crippen molar-refractivity contribution >= 4 is 0 Å². The summed E-state index contributed by atoms with van der Waals surface area (Å²) in [6.07, 6.45) is 0. The largest absolute Gasteiger partial charge is 1.00 e. The van der Waals surface area contributed by atoms with E-state index < -0.39 is 5.03 Å². The van der Waals surface area contributed by atoms with Gasteiger partial charge in [0, 0.05) is 0 Å². The van der Waals surface area contributed by atoms with Crippen molar-refractivity contribution in [1.82, 2.24) is 0 Å². The Morgan fingerprint density at radius 2 is 2.00 bits per heavy atom. The maximum atomic E-state index is 9.01. The molecule has 0 fully saturated rings. The smallest absolute Gasteiger partial charge is 0.382 e. The molecule has 0 unspecified atom stereocenters. The first-order valence-electron chi connectivity index (χ1n) is 1.01. The van der Waals surface area contributed by atoms with Gasteiger partial charge >= 0.3 is 29.6 Å². The predicted molar refractivity (Wildman–Crippen MR) is 16.3 cm³/mol. The Bertz CT molecular complexity index is 46.8. The summed E-state index contributed by atoms with van der Waals surface area (Å²) in [6.45, 7) is 0. The third kappa shape index (κ3) is 8.89. The standard InChI is InChI=1S/CH3N2O2.Na/c1-2-3(4)5;/h1H3;/q-1;+1. The van der Waals surface area contributed by atoms with Crippen molar-refractivity contribution in [2.24, 2.45) is 0 Å². The number of hydrogen-bond acceptors (Lipinski definition) is 2. The summed E-state index contributed by atoms with van der Waals surface area (Å²) in [4.78, 5) is 9.01. The first-order chi connectivity index (χ1) is 2.27. The van der Waals surface area contributed by atoms with Crippen LogP contribution in [0.25, 0.3) is 5.43 Å². The third-order valence-electron chi connectivity index (χ3n) is 0.163. The Labute approximate surface area is 57.3 Å². The van der Waals surface area contributed by atoms with Gasteiger partial charge < -0.3 is 5.43 Å². The van der Waals surface area contributed by atoms with Crippen LogP contribution >= 0.6 is 0 Å². The molecule has 0 bridgehead atoms. The van der Waals surface area contributed by atoms with E-state index in [1.807, 2.05) is 0 Å². The zero-order valence-corrected chi connectivity index (χ0v) is 5.71. The summed E-state index contributed by atoms with van der Waals surface area (Å²) in [6, 6.07) is 0. The van der Waals surface area contributed by atoms with Crippen molar-refractivity contribution in [1.29, 1.82) is 0 Å². The van der Waals surface area contributed by atoms with Crippen LogP contribution in [0.15, 0.2) is 0 Å². The van der Waals surface area contributed by atoms with Crippen molar-refractivity contribution < 1.29 is 34.6 Å². The van der Waals surface area contributed by atoms with Crippen LogP contribution in [0.3, 0.4) is 0 Å². The SMILES string of the molecule is C[N-][N+](=O)[O-].[Na+]. The zero-order valence-electron chi connectivity index (χ0n) is 3.71. The van der Waals surface area contributed by atoms with E-state index >= 15 is 0 Å². The van der Waals surface area contributed by atoms with Crippen molar-refractivity contribution in [3.8, 4) is 0 Å². The quantitative estimate of drug-likeness (QED) is 0.202. The van der Waals surface area contributed by atoms with E-state index in [0.29, 0.717) is 0 Å². The fourth-order valence-electron chi connectivity index (χ4n) is 0. The second-order valence-corrected chi connectivity index (χ2v) is 0.438. The van der Waals surface area contributed by atoms with Crippen LogP contribution in [0.4, 0.5) is 0 Å². The van der Waals surface area contributed by atoms with Crippen molar-refractivity contribution in [3.05, 3.63) is 15.5 Å². The Morgan fingerprint density at radius 1 is 1.83 bits per heavy atom. The van der Waals surface area contributed by atoms with Crippen LogP contribution in [0.2, 0.25) is 0 Å². The normalized spacial score (nSPS) is 5.50. The second-order valence-electron chi connectivity index (χ2n) is 0.438. The second kappa shape index (κ2) is 5.20. The van der Waals surface area contributed by atoms with Crippen LogP contribution in [-0.4, -0.2) is 12.1 Å². The van der Waals surface area contributed by atoms with Crippen LogP contribution in [0.5, 0.6) is 0 Å². The van der Waals surface area contributed by atoms with Crippen LogP contribution in [-0.2, 0) is 0 Å². The van der Waals surface area contributed by atoms with Gasteiger partial charge in [0.25, 0.3) is 0 Å². The molecule has 0 atom stereocenters. The Balaban J connectivity index is 0. The van der Waals surface area contributed by atoms with E-state index in [-0.39, 0.29) is 29.6 Å². The number of hydrogen-bond donors (Lipinski definition) is 0. The molecule has 0 aromatic heterocycles. The summed E-state index contributed by atoms with van der Waals surface area (Å²) in [5.74, 6) is 0. The molecule has 0 heterocycles. The van der Waals surface area contributed by atoms with Crippen LogP contribution in [0.1, 0.15) is 0 Å². The average Bonchev–Trinajstić information content (AvgIpc) is 1.38. The van der Waals surface area contributed by atoms with Gasteiger partial charge in [0.1, 0.15) is 0 Å².